The second-order valence-corrected chi connectivity index (χ2v) is 7.86. The summed E-state index contributed by atoms with van der Waals surface area (Å²) < 4.78 is 6.59. The van der Waals surface area contributed by atoms with E-state index in [9.17, 15) is 4.79 Å². The number of hydrogen-bond donors (Lipinski definition) is 1. The van der Waals surface area contributed by atoms with Gasteiger partial charge < -0.3 is 10.1 Å². The van der Waals surface area contributed by atoms with Gasteiger partial charge in [0, 0.05) is 23.2 Å². The lowest BCUT2D eigenvalue weighted by Crippen LogP contribution is -2.13. The van der Waals surface area contributed by atoms with Crippen LogP contribution in [0, 0.1) is 13.8 Å². The molecule has 4 aromatic rings. The summed E-state index contributed by atoms with van der Waals surface area (Å²) in [4.78, 5) is 21.0. The van der Waals surface area contributed by atoms with Crippen molar-refractivity contribution in [1.29, 1.82) is 0 Å². The fraction of sp³-hybridized carbons (Fsp3) is 0.280. The summed E-state index contributed by atoms with van der Waals surface area (Å²) in [6, 6.07) is 14.6. The summed E-state index contributed by atoms with van der Waals surface area (Å²) in [5, 5.41) is 8.79. The Morgan fingerprint density at radius 1 is 1.12 bits per heavy atom. The molecule has 0 aliphatic rings. The maximum absolute atomic E-state index is 11.7. The average molecular weight is 430 g/mol. The molecule has 2 aromatic heterocycles. The first-order valence-corrected chi connectivity index (χ1v) is 10.7. The normalized spacial score (nSPS) is 12.0. The number of nitrogens with zero attached hydrogens (tertiary/aromatic N) is 4. The zero-order chi connectivity index (χ0) is 22.7. The van der Waals surface area contributed by atoms with Crippen molar-refractivity contribution in [2.45, 2.75) is 40.3 Å². The Bertz CT molecular complexity index is 1260. The molecule has 0 aliphatic heterocycles. The number of ether oxygens (including phenoxy) is 1. The molecule has 0 bridgehead atoms. The van der Waals surface area contributed by atoms with E-state index < -0.39 is 0 Å². The zero-order valence-corrected chi connectivity index (χ0v) is 18.8. The van der Waals surface area contributed by atoms with Gasteiger partial charge in [0.1, 0.15) is 18.2 Å². The molecule has 2 aromatic carbocycles. The van der Waals surface area contributed by atoms with Crippen LogP contribution in [0.5, 0.6) is 0 Å². The second-order valence-electron chi connectivity index (χ2n) is 7.86. The highest BCUT2D eigenvalue weighted by atomic mass is 16.5. The van der Waals surface area contributed by atoms with E-state index in [4.69, 9.17) is 4.74 Å². The molecule has 7 heteroatoms. The highest BCUT2D eigenvalue weighted by molar-refractivity contribution is 5.92. The Hall–Kier alpha value is -3.74. The van der Waals surface area contributed by atoms with Crippen molar-refractivity contribution in [3.63, 3.8) is 0 Å². The fourth-order valence-electron chi connectivity index (χ4n) is 3.70. The molecule has 0 saturated carbocycles. The molecule has 0 aliphatic carbocycles. The number of carbonyl (C=O) groups is 1. The number of carbonyl (C=O) groups excluding carboxylic acids is 1. The molecule has 32 heavy (non-hydrogen) atoms. The number of nitrogens with one attached hydrogen (secondary N) is 1. The topological polar surface area (TPSA) is 81.9 Å². The van der Waals surface area contributed by atoms with Crippen LogP contribution in [-0.2, 0) is 16.1 Å². The first-order valence-electron chi connectivity index (χ1n) is 10.7. The first kappa shape index (κ1) is 21.5. The number of rotatable bonds is 7. The van der Waals surface area contributed by atoms with Crippen molar-refractivity contribution in [3.8, 4) is 11.1 Å². The standard InChI is InChI=1S/C25H27N5O2/c1-5-32-24(31)15-30-14-21(13-26-30)20-9-10-23-22(12-20)25(29-18(4)28-23)27-17(3)19-8-6-7-16(2)11-19/h6-14,17H,5,15H2,1-4H3,(H,27,28,29)/t17-/m1/s1. The van der Waals surface area contributed by atoms with Crippen LogP contribution in [-0.4, -0.2) is 32.3 Å². The van der Waals surface area contributed by atoms with Gasteiger partial charge in [0.15, 0.2) is 0 Å². The molecule has 0 saturated heterocycles. The molecule has 0 spiro atoms. The number of fused-ring (bicyclic) bond motifs is 1. The first-order chi connectivity index (χ1) is 15.4. The van der Waals surface area contributed by atoms with Crippen molar-refractivity contribution in [2.75, 3.05) is 11.9 Å². The van der Waals surface area contributed by atoms with E-state index in [0.29, 0.717) is 12.4 Å². The van der Waals surface area contributed by atoms with Gasteiger partial charge in [-0.1, -0.05) is 35.9 Å². The third kappa shape index (κ3) is 4.77. The Kier molecular flexibility index (Phi) is 6.16. The van der Waals surface area contributed by atoms with Crippen LogP contribution in [0.15, 0.2) is 54.9 Å². The van der Waals surface area contributed by atoms with Crippen molar-refractivity contribution in [2.24, 2.45) is 0 Å². The van der Waals surface area contributed by atoms with Crippen molar-refractivity contribution in [3.05, 3.63) is 71.8 Å². The lowest BCUT2D eigenvalue weighted by Gasteiger charge is -2.17. The van der Waals surface area contributed by atoms with Gasteiger partial charge in [-0.25, -0.2) is 9.97 Å². The minimum absolute atomic E-state index is 0.0865. The smallest absolute Gasteiger partial charge is 0.327 e. The van der Waals surface area contributed by atoms with Crippen LogP contribution in [0.25, 0.3) is 22.0 Å². The summed E-state index contributed by atoms with van der Waals surface area (Å²) in [7, 11) is 0. The summed E-state index contributed by atoms with van der Waals surface area (Å²) in [6.45, 7) is 8.35. The van der Waals surface area contributed by atoms with Gasteiger partial charge in [0.2, 0.25) is 0 Å². The maximum Gasteiger partial charge on any atom is 0.327 e. The number of benzene rings is 2. The third-order valence-corrected chi connectivity index (χ3v) is 5.27. The third-order valence-electron chi connectivity index (χ3n) is 5.27. The van der Waals surface area contributed by atoms with Crippen LogP contribution in [0.1, 0.15) is 36.8 Å². The Morgan fingerprint density at radius 2 is 1.97 bits per heavy atom. The average Bonchev–Trinajstić information content (AvgIpc) is 3.22. The van der Waals surface area contributed by atoms with E-state index in [1.807, 2.05) is 25.3 Å². The van der Waals surface area contributed by atoms with E-state index in [1.165, 1.54) is 11.1 Å². The molecule has 1 atom stereocenters. The molecule has 0 amide bonds. The predicted octanol–water partition coefficient (Wildman–Crippen LogP) is 4.85. The highest BCUT2D eigenvalue weighted by Crippen LogP contribution is 2.29. The molecule has 7 nitrogen and oxygen atoms in total. The number of aryl methyl sites for hydroxylation is 2. The lowest BCUT2D eigenvalue weighted by molar-refractivity contribution is -0.144. The highest BCUT2D eigenvalue weighted by Gasteiger charge is 2.13. The molecule has 1 N–H and O–H groups in total. The van der Waals surface area contributed by atoms with Gasteiger partial charge in [0.05, 0.1) is 18.3 Å². The molecule has 0 unspecified atom stereocenters. The largest absolute Gasteiger partial charge is 0.465 e. The number of aromatic nitrogens is 4. The van der Waals surface area contributed by atoms with Crippen LogP contribution >= 0.6 is 0 Å². The fourth-order valence-corrected chi connectivity index (χ4v) is 3.70. The summed E-state index contributed by atoms with van der Waals surface area (Å²) in [6.07, 6.45) is 3.59. The van der Waals surface area contributed by atoms with E-state index in [1.54, 1.807) is 17.8 Å². The van der Waals surface area contributed by atoms with E-state index in [-0.39, 0.29) is 18.6 Å². The SMILES string of the molecule is CCOC(=O)Cn1cc(-c2ccc3nc(C)nc(N[C@H](C)c4cccc(C)c4)c3c2)cn1. The van der Waals surface area contributed by atoms with E-state index in [0.717, 1.165) is 27.8 Å². The molecule has 0 fully saturated rings. The van der Waals surface area contributed by atoms with E-state index >= 15 is 0 Å². The summed E-state index contributed by atoms with van der Waals surface area (Å²) in [5.74, 6) is 1.20. The second kappa shape index (κ2) is 9.18. The number of anilines is 1. The lowest BCUT2D eigenvalue weighted by atomic mass is 10.0. The monoisotopic (exact) mass is 429 g/mol. The van der Waals surface area contributed by atoms with Gasteiger partial charge in [0.25, 0.3) is 0 Å². The van der Waals surface area contributed by atoms with Crippen molar-refractivity contribution >= 4 is 22.7 Å². The van der Waals surface area contributed by atoms with Gasteiger partial charge in [-0.2, -0.15) is 5.10 Å². The van der Waals surface area contributed by atoms with Crippen LogP contribution < -0.4 is 5.32 Å². The predicted molar refractivity (Wildman–Crippen MR) is 125 cm³/mol. The molecule has 4 rings (SSSR count). The maximum atomic E-state index is 11.7. The van der Waals surface area contributed by atoms with Crippen LogP contribution in [0.3, 0.4) is 0 Å². The Labute approximate surface area is 187 Å². The summed E-state index contributed by atoms with van der Waals surface area (Å²) >= 11 is 0. The van der Waals surface area contributed by atoms with Crippen LogP contribution in [0.4, 0.5) is 5.82 Å². The van der Waals surface area contributed by atoms with Crippen LogP contribution in [0.2, 0.25) is 0 Å². The summed E-state index contributed by atoms with van der Waals surface area (Å²) in [5.41, 5.74) is 5.19. The number of esters is 1. The molecular formula is C25H27N5O2. The Morgan fingerprint density at radius 3 is 2.75 bits per heavy atom. The molecule has 164 valence electrons. The van der Waals surface area contributed by atoms with Crippen molar-refractivity contribution < 1.29 is 9.53 Å². The molecular weight excluding hydrogens is 402 g/mol. The van der Waals surface area contributed by atoms with Gasteiger partial charge in [-0.05, 0) is 51.0 Å². The zero-order valence-electron chi connectivity index (χ0n) is 18.8. The van der Waals surface area contributed by atoms with E-state index in [2.05, 4.69) is 64.6 Å². The molecule has 0 radical (unpaired) electrons. The quantitative estimate of drug-likeness (QED) is 0.423. The van der Waals surface area contributed by atoms with Crippen molar-refractivity contribution in [1.82, 2.24) is 19.7 Å². The van der Waals surface area contributed by atoms with Gasteiger partial charge >= 0.3 is 5.97 Å². The number of hydrogen-bond acceptors (Lipinski definition) is 6. The Balaban J connectivity index is 1.65. The molecule has 2 heterocycles. The minimum Gasteiger partial charge on any atom is -0.465 e. The minimum atomic E-state index is -0.304. The van der Waals surface area contributed by atoms with Gasteiger partial charge in [-0.15, -0.1) is 0 Å². The van der Waals surface area contributed by atoms with Gasteiger partial charge in [-0.3, -0.25) is 9.48 Å².